The largest absolute Gasteiger partial charge is 0.471 e. The summed E-state index contributed by atoms with van der Waals surface area (Å²) in [5.41, 5.74) is 0. The molecule has 1 rings (SSSR count). The smallest absolute Gasteiger partial charge is 0.392 e. The van der Waals surface area contributed by atoms with Crippen LogP contribution in [0.2, 0.25) is 0 Å². The van der Waals surface area contributed by atoms with Gasteiger partial charge in [-0.25, -0.2) is 0 Å². The third kappa shape index (κ3) is 4.06. The number of nitrogens with one attached hydrogen (secondary N) is 1. The number of alkyl halides is 3. The fourth-order valence-electron chi connectivity index (χ4n) is 2.07. The number of aliphatic hydroxyl groups excluding tert-OH is 1. The Kier molecular flexibility index (Phi) is 5.12. The molecule has 0 saturated heterocycles. The minimum atomic E-state index is -4.82. The summed E-state index contributed by atoms with van der Waals surface area (Å²) in [6.07, 6.45) is -1.33. The van der Waals surface area contributed by atoms with Crippen molar-refractivity contribution in [1.29, 1.82) is 0 Å². The monoisotopic (exact) mass is 271 g/mol. The van der Waals surface area contributed by atoms with Crippen LogP contribution >= 0.6 is 11.8 Å². The molecule has 1 aliphatic rings. The van der Waals surface area contributed by atoms with E-state index in [9.17, 15) is 23.1 Å². The molecule has 1 amide bonds. The van der Waals surface area contributed by atoms with Crippen LogP contribution in [0.5, 0.6) is 0 Å². The predicted octanol–water partition coefficient (Wildman–Crippen LogP) is 1.56. The van der Waals surface area contributed by atoms with Crippen LogP contribution in [0.25, 0.3) is 0 Å². The van der Waals surface area contributed by atoms with Gasteiger partial charge in [0.2, 0.25) is 0 Å². The lowest BCUT2D eigenvalue weighted by Gasteiger charge is -2.18. The molecule has 1 aliphatic carbocycles. The SMILES string of the molecule is CS[C@@H]1CC[C@@H](CCNC(=O)C(F)(F)F)[C@H]1O. The highest BCUT2D eigenvalue weighted by atomic mass is 32.2. The van der Waals surface area contributed by atoms with Gasteiger partial charge in [-0.1, -0.05) is 0 Å². The minimum absolute atomic E-state index is 0.0130. The standard InChI is InChI=1S/C10H16F3NO2S/c1-17-7-3-2-6(8(7)15)4-5-14-9(16)10(11,12)13/h6-8,15H,2-5H2,1H3,(H,14,16)/t6-,7+,8+/m0/s1. The summed E-state index contributed by atoms with van der Waals surface area (Å²) in [5.74, 6) is -1.92. The second-order valence-electron chi connectivity index (χ2n) is 4.14. The van der Waals surface area contributed by atoms with Crippen LogP contribution in [0.1, 0.15) is 19.3 Å². The molecule has 0 spiro atoms. The van der Waals surface area contributed by atoms with Gasteiger partial charge in [0, 0.05) is 11.8 Å². The van der Waals surface area contributed by atoms with Gasteiger partial charge in [0.1, 0.15) is 0 Å². The maximum absolute atomic E-state index is 11.9. The van der Waals surface area contributed by atoms with E-state index in [0.29, 0.717) is 6.42 Å². The highest BCUT2D eigenvalue weighted by molar-refractivity contribution is 7.99. The van der Waals surface area contributed by atoms with Crippen molar-refractivity contribution in [2.24, 2.45) is 5.92 Å². The highest BCUT2D eigenvalue weighted by Crippen LogP contribution is 2.34. The van der Waals surface area contributed by atoms with E-state index in [1.54, 1.807) is 11.8 Å². The normalized spacial score (nSPS) is 29.4. The molecule has 0 aliphatic heterocycles. The van der Waals surface area contributed by atoms with Crippen molar-refractivity contribution in [2.75, 3.05) is 12.8 Å². The fourth-order valence-corrected chi connectivity index (χ4v) is 2.94. The fraction of sp³-hybridized carbons (Fsp3) is 0.900. The maximum atomic E-state index is 11.9. The Morgan fingerprint density at radius 1 is 1.47 bits per heavy atom. The summed E-state index contributed by atoms with van der Waals surface area (Å²) in [5, 5.41) is 11.8. The average Bonchev–Trinajstić information content (AvgIpc) is 2.58. The van der Waals surface area contributed by atoms with Crippen LogP contribution in [0.15, 0.2) is 0 Å². The summed E-state index contributed by atoms with van der Waals surface area (Å²) in [4.78, 5) is 10.5. The van der Waals surface area contributed by atoms with Gasteiger partial charge in [-0.3, -0.25) is 4.79 Å². The molecule has 0 radical (unpaired) electrons. The zero-order chi connectivity index (χ0) is 13.1. The molecular formula is C10H16F3NO2S. The summed E-state index contributed by atoms with van der Waals surface area (Å²) in [7, 11) is 0. The van der Waals surface area contributed by atoms with E-state index in [4.69, 9.17) is 0 Å². The van der Waals surface area contributed by atoms with Gasteiger partial charge in [0.25, 0.3) is 0 Å². The van der Waals surface area contributed by atoms with E-state index in [1.807, 2.05) is 11.6 Å². The number of halogens is 3. The van der Waals surface area contributed by atoms with Crippen molar-refractivity contribution >= 4 is 17.7 Å². The van der Waals surface area contributed by atoms with E-state index in [-0.39, 0.29) is 17.7 Å². The maximum Gasteiger partial charge on any atom is 0.471 e. The summed E-state index contributed by atoms with van der Waals surface area (Å²) in [6, 6.07) is 0. The van der Waals surface area contributed by atoms with Crippen molar-refractivity contribution in [3.8, 4) is 0 Å². The van der Waals surface area contributed by atoms with Gasteiger partial charge in [-0.2, -0.15) is 24.9 Å². The molecule has 100 valence electrons. The zero-order valence-corrected chi connectivity index (χ0v) is 10.3. The van der Waals surface area contributed by atoms with Crippen LogP contribution in [0, 0.1) is 5.92 Å². The van der Waals surface area contributed by atoms with E-state index in [1.165, 1.54) is 0 Å². The minimum Gasteiger partial charge on any atom is -0.392 e. The molecule has 2 N–H and O–H groups in total. The van der Waals surface area contributed by atoms with E-state index >= 15 is 0 Å². The molecular weight excluding hydrogens is 255 g/mol. The Bertz CT molecular complexity index is 273. The molecule has 3 atom stereocenters. The van der Waals surface area contributed by atoms with Crippen molar-refractivity contribution in [1.82, 2.24) is 5.32 Å². The van der Waals surface area contributed by atoms with Crippen LogP contribution < -0.4 is 5.32 Å². The lowest BCUT2D eigenvalue weighted by Crippen LogP contribution is -2.38. The van der Waals surface area contributed by atoms with Crippen LogP contribution in [0.3, 0.4) is 0 Å². The Morgan fingerprint density at radius 2 is 2.12 bits per heavy atom. The van der Waals surface area contributed by atoms with Crippen molar-refractivity contribution in [3.05, 3.63) is 0 Å². The van der Waals surface area contributed by atoms with Gasteiger partial charge in [-0.15, -0.1) is 0 Å². The van der Waals surface area contributed by atoms with E-state index in [0.717, 1.165) is 12.8 Å². The molecule has 3 nitrogen and oxygen atoms in total. The molecule has 0 unspecified atom stereocenters. The van der Waals surface area contributed by atoms with Crippen molar-refractivity contribution in [2.45, 2.75) is 36.8 Å². The molecule has 1 saturated carbocycles. The van der Waals surface area contributed by atoms with Gasteiger partial charge in [0.15, 0.2) is 0 Å². The Hall–Kier alpha value is -0.430. The third-order valence-electron chi connectivity index (χ3n) is 3.05. The summed E-state index contributed by atoms with van der Waals surface area (Å²) in [6.45, 7) is -0.0405. The predicted molar refractivity (Wildman–Crippen MR) is 59.7 cm³/mol. The van der Waals surface area contributed by atoms with Gasteiger partial charge >= 0.3 is 12.1 Å². The first-order chi connectivity index (χ1) is 7.86. The molecule has 1 fully saturated rings. The first-order valence-corrected chi connectivity index (χ1v) is 6.71. The quantitative estimate of drug-likeness (QED) is 0.816. The number of carbonyl (C=O) groups excluding carboxylic acids is 1. The van der Waals surface area contributed by atoms with Gasteiger partial charge in [-0.05, 0) is 31.4 Å². The van der Waals surface area contributed by atoms with E-state index < -0.39 is 18.2 Å². The summed E-state index contributed by atoms with van der Waals surface area (Å²) < 4.78 is 35.6. The van der Waals surface area contributed by atoms with Crippen LogP contribution in [-0.2, 0) is 4.79 Å². The number of thioether (sulfide) groups is 1. The van der Waals surface area contributed by atoms with Crippen molar-refractivity contribution in [3.63, 3.8) is 0 Å². The average molecular weight is 271 g/mol. The number of rotatable bonds is 4. The van der Waals surface area contributed by atoms with Crippen molar-refractivity contribution < 1.29 is 23.1 Å². The third-order valence-corrected chi connectivity index (χ3v) is 4.17. The van der Waals surface area contributed by atoms with Crippen LogP contribution in [-0.4, -0.2) is 41.3 Å². The Morgan fingerprint density at radius 3 is 2.59 bits per heavy atom. The molecule has 7 heteroatoms. The Balaban J connectivity index is 2.26. The number of amides is 1. The number of carbonyl (C=O) groups is 1. The molecule has 0 aromatic carbocycles. The second-order valence-corrected chi connectivity index (χ2v) is 5.22. The number of hydrogen-bond acceptors (Lipinski definition) is 3. The topological polar surface area (TPSA) is 49.3 Å². The Labute approximate surface area is 102 Å². The summed E-state index contributed by atoms with van der Waals surface area (Å²) >= 11 is 1.57. The molecule has 0 aromatic rings. The van der Waals surface area contributed by atoms with Gasteiger partial charge < -0.3 is 10.4 Å². The molecule has 17 heavy (non-hydrogen) atoms. The van der Waals surface area contributed by atoms with Gasteiger partial charge in [0.05, 0.1) is 6.10 Å². The molecule has 0 heterocycles. The molecule has 0 bridgehead atoms. The van der Waals surface area contributed by atoms with Crippen LogP contribution in [0.4, 0.5) is 13.2 Å². The second kappa shape index (κ2) is 5.95. The first-order valence-electron chi connectivity index (χ1n) is 5.42. The zero-order valence-electron chi connectivity index (χ0n) is 9.46. The molecule has 0 aromatic heterocycles. The number of aliphatic hydroxyl groups is 1. The first kappa shape index (κ1) is 14.6. The highest BCUT2D eigenvalue weighted by Gasteiger charge is 2.39. The lowest BCUT2D eigenvalue weighted by atomic mass is 10.0. The van der Waals surface area contributed by atoms with E-state index in [2.05, 4.69) is 0 Å². The number of hydrogen-bond donors (Lipinski definition) is 2. The lowest BCUT2D eigenvalue weighted by molar-refractivity contribution is -0.173.